The van der Waals surface area contributed by atoms with Crippen molar-refractivity contribution in [2.24, 2.45) is 10.9 Å². The third kappa shape index (κ3) is 4.22. The summed E-state index contributed by atoms with van der Waals surface area (Å²) < 4.78 is 5.12. The van der Waals surface area contributed by atoms with Gasteiger partial charge in [0.05, 0.1) is 6.61 Å². The van der Waals surface area contributed by atoms with Gasteiger partial charge in [-0.3, -0.25) is 0 Å². The molecule has 4 N–H and O–H groups in total. The molecular weight excluding hydrogens is 266 g/mol. The molecular formula is C16H19N3O2. The fraction of sp³-hybridized carbons (Fsp3) is 0.188. The number of methoxy groups -OCH3 is 1. The molecule has 2 rings (SSSR count). The lowest BCUT2D eigenvalue weighted by atomic mass is 10.1. The van der Waals surface area contributed by atoms with E-state index in [1.54, 1.807) is 7.11 Å². The number of nitrogens with two attached hydrogens (primary N) is 1. The Kier molecular flexibility index (Phi) is 5.17. The maximum atomic E-state index is 8.62. The molecule has 0 saturated carbocycles. The first-order chi connectivity index (χ1) is 10.2. The van der Waals surface area contributed by atoms with E-state index in [0.29, 0.717) is 18.7 Å². The predicted octanol–water partition coefficient (Wildman–Crippen LogP) is 2.54. The summed E-state index contributed by atoms with van der Waals surface area (Å²) >= 11 is 0. The zero-order chi connectivity index (χ0) is 15.1. The van der Waals surface area contributed by atoms with E-state index in [4.69, 9.17) is 15.7 Å². The third-order valence-corrected chi connectivity index (χ3v) is 3.09. The van der Waals surface area contributed by atoms with Gasteiger partial charge in [-0.2, -0.15) is 0 Å². The SMILES string of the molecule is COCc1cccc(NCc2ccc(C(N)=NO)cc2)c1. The van der Waals surface area contributed by atoms with Crippen LogP contribution in [0.25, 0.3) is 0 Å². The summed E-state index contributed by atoms with van der Waals surface area (Å²) in [5, 5.41) is 15.0. The fourth-order valence-corrected chi connectivity index (χ4v) is 1.99. The van der Waals surface area contributed by atoms with E-state index >= 15 is 0 Å². The van der Waals surface area contributed by atoms with Crippen LogP contribution in [-0.2, 0) is 17.9 Å². The third-order valence-electron chi connectivity index (χ3n) is 3.09. The minimum Gasteiger partial charge on any atom is -0.409 e. The Hall–Kier alpha value is -2.53. The number of hydrogen-bond acceptors (Lipinski definition) is 4. The van der Waals surface area contributed by atoms with E-state index in [9.17, 15) is 0 Å². The first kappa shape index (κ1) is 14.9. The van der Waals surface area contributed by atoms with Crippen molar-refractivity contribution in [1.82, 2.24) is 0 Å². The second-order valence-electron chi connectivity index (χ2n) is 4.67. The Morgan fingerprint density at radius 3 is 2.62 bits per heavy atom. The molecule has 5 nitrogen and oxygen atoms in total. The van der Waals surface area contributed by atoms with E-state index in [0.717, 1.165) is 16.8 Å². The minimum atomic E-state index is 0.113. The molecule has 0 heterocycles. The number of oxime groups is 1. The van der Waals surface area contributed by atoms with E-state index in [2.05, 4.69) is 16.5 Å². The Morgan fingerprint density at radius 1 is 1.19 bits per heavy atom. The summed E-state index contributed by atoms with van der Waals surface area (Å²) in [6.45, 7) is 1.30. The number of rotatable bonds is 6. The molecule has 21 heavy (non-hydrogen) atoms. The minimum absolute atomic E-state index is 0.113. The molecule has 0 aliphatic heterocycles. The van der Waals surface area contributed by atoms with Crippen molar-refractivity contribution in [3.8, 4) is 0 Å². The van der Waals surface area contributed by atoms with Gasteiger partial charge in [0.1, 0.15) is 0 Å². The van der Waals surface area contributed by atoms with Crippen LogP contribution in [0.15, 0.2) is 53.7 Å². The van der Waals surface area contributed by atoms with Crippen molar-refractivity contribution < 1.29 is 9.94 Å². The van der Waals surface area contributed by atoms with E-state index in [1.807, 2.05) is 42.5 Å². The Labute approximate surface area is 124 Å². The summed E-state index contributed by atoms with van der Waals surface area (Å²) in [6.07, 6.45) is 0. The second kappa shape index (κ2) is 7.31. The van der Waals surface area contributed by atoms with Gasteiger partial charge in [0.25, 0.3) is 0 Å². The number of benzene rings is 2. The predicted molar refractivity (Wildman–Crippen MR) is 83.4 cm³/mol. The summed E-state index contributed by atoms with van der Waals surface area (Å²) in [5.74, 6) is 0.113. The molecule has 0 saturated heterocycles. The van der Waals surface area contributed by atoms with Gasteiger partial charge in [0.2, 0.25) is 0 Å². The lowest BCUT2D eigenvalue weighted by Crippen LogP contribution is -2.13. The number of nitrogens with zero attached hydrogens (tertiary/aromatic N) is 1. The normalized spacial score (nSPS) is 11.4. The van der Waals surface area contributed by atoms with Crippen LogP contribution < -0.4 is 11.1 Å². The molecule has 0 unspecified atom stereocenters. The smallest absolute Gasteiger partial charge is 0.170 e. The maximum absolute atomic E-state index is 8.62. The van der Waals surface area contributed by atoms with Gasteiger partial charge >= 0.3 is 0 Å². The van der Waals surface area contributed by atoms with Crippen LogP contribution in [0, 0.1) is 0 Å². The molecule has 110 valence electrons. The molecule has 0 atom stereocenters. The quantitative estimate of drug-likeness (QED) is 0.330. The number of anilines is 1. The Bertz CT molecular complexity index is 609. The van der Waals surface area contributed by atoms with Crippen LogP contribution in [0.1, 0.15) is 16.7 Å². The average molecular weight is 285 g/mol. The highest BCUT2D eigenvalue weighted by molar-refractivity contribution is 5.96. The molecule has 0 aromatic heterocycles. The van der Waals surface area contributed by atoms with Crippen LogP contribution >= 0.6 is 0 Å². The topological polar surface area (TPSA) is 79.9 Å². The molecule has 0 aliphatic rings. The van der Waals surface area contributed by atoms with Gasteiger partial charge < -0.3 is 21.0 Å². The van der Waals surface area contributed by atoms with Gasteiger partial charge in [-0.05, 0) is 23.3 Å². The average Bonchev–Trinajstić information content (AvgIpc) is 2.53. The van der Waals surface area contributed by atoms with Crippen molar-refractivity contribution in [2.75, 3.05) is 12.4 Å². The van der Waals surface area contributed by atoms with Gasteiger partial charge in [0, 0.05) is 24.9 Å². The molecule has 0 amide bonds. The highest BCUT2D eigenvalue weighted by Gasteiger charge is 2.00. The van der Waals surface area contributed by atoms with Crippen molar-refractivity contribution in [2.45, 2.75) is 13.2 Å². The van der Waals surface area contributed by atoms with Crippen LogP contribution in [0.5, 0.6) is 0 Å². The van der Waals surface area contributed by atoms with Gasteiger partial charge in [-0.1, -0.05) is 41.6 Å². The fourth-order valence-electron chi connectivity index (χ4n) is 1.99. The highest BCUT2D eigenvalue weighted by Crippen LogP contribution is 2.13. The van der Waals surface area contributed by atoms with Crippen molar-refractivity contribution in [1.29, 1.82) is 0 Å². The van der Waals surface area contributed by atoms with Gasteiger partial charge in [-0.25, -0.2) is 0 Å². The zero-order valence-corrected chi connectivity index (χ0v) is 11.9. The van der Waals surface area contributed by atoms with Crippen LogP contribution in [-0.4, -0.2) is 18.2 Å². The van der Waals surface area contributed by atoms with E-state index < -0.39 is 0 Å². The number of amidine groups is 1. The second-order valence-corrected chi connectivity index (χ2v) is 4.67. The summed E-state index contributed by atoms with van der Waals surface area (Å²) in [7, 11) is 1.68. The van der Waals surface area contributed by atoms with Crippen molar-refractivity contribution >= 4 is 11.5 Å². The Balaban J connectivity index is 1.98. The number of ether oxygens (including phenoxy) is 1. The van der Waals surface area contributed by atoms with Crippen LogP contribution in [0.4, 0.5) is 5.69 Å². The monoisotopic (exact) mass is 285 g/mol. The largest absolute Gasteiger partial charge is 0.409 e. The van der Waals surface area contributed by atoms with Gasteiger partial charge in [0.15, 0.2) is 5.84 Å². The van der Waals surface area contributed by atoms with Crippen LogP contribution in [0.3, 0.4) is 0 Å². The lowest BCUT2D eigenvalue weighted by molar-refractivity contribution is 0.185. The molecule has 0 bridgehead atoms. The zero-order valence-electron chi connectivity index (χ0n) is 11.9. The summed E-state index contributed by atoms with van der Waals surface area (Å²) in [5.41, 5.74) is 9.51. The highest BCUT2D eigenvalue weighted by atomic mass is 16.5. The standard InChI is InChI=1S/C16H19N3O2/c1-21-11-13-3-2-4-15(9-13)18-10-12-5-7-14(8-6-12)16(17)19-20/h2-9,18,20H,10-11H2,1H3,(H2,17,19). The number of hydrogen-bond donors (Lipinski definition) is 3. The molecule has 0 aliphatic carbocycles. The molecule has 5 heteroatoms. The van der Waals surface area contributed by atoms with Gasteiger partial charge in [-0.15, -0.1) is 0 Å². The van der Waals surface area contributed by atoms with Crippen molar-refractivity contribution in [3.63, 3.8) is 0 Å². The maximum Gasteiger partial charge on any atom is 0.170 e. The molecule has 2 aromatic rings. The first-order valence-electron chi connectivity index (χ1n) is 6.61. The van der Waals surface area contributed by atoms with Crippen molar-refractivity contribution in [3.05, 3.63) is 65.2 Å². The van der Waals surface area contributed by atoms with E-state index in [-0.39, 0.29) is 5.84 Å². The molecule has 2 aromatic carbocycles. The lowest BCUT2D eigenvalue weighted by Gasteiger charge is -2.09. The molecule has 0 radical (unpaired) electrons. The first-order valence-corrected chi connectivity index (χ1v) is 6.61. The summed E-state index contributed by atoms with van der Waals surface area (Å²) in [6, 6.07) is 15.6. The summed E-state index contributed by atoms with van der Waals surface area (Å²) in [4.78, 5) is 0. The van der Waals surface area contributed by atoms with Crippen LogP contribution in [0.2, 0.25) is 0 Å². The number of nitrogens with one attached hydrogen (secondary N) is 1. The molecule has 0 spiro atoms. The molecule has 0 fully saturated rings. The Morgan fingerprint density at radius 2 is 1.95 bits per heavy atom. The van der Waals surface area contributed by atoms with E-state index in [1.165, 1.54) is 0 Å².